The van der Waals surface area contributed by atoms with Gasteiger partial charge in [0.15, 0.2) is 0 Å². The normalized spacial score (nSPS) is 31.1. The third-order valence-electron chi connectivity index (χ3n) is 7.54. The molecule has 3 heterocycles. The molecule has 2 N–H and O–H groups in total. The van der Waals surface area contributed by atoms with Crippen molar-refractivity contribution in [2.75, 3.05) is 13.2 Å². The van der Waals surface area contributed by atoms with Crippen LogP contribution in [0.15, 0.2) is 41.2 Å². The van der Waals surface area contributed by atoms with Crippen LogP contribution in [0.1, 0.15) is 44.1 Å². The second kappa shape index (κ2) is 7.91. The monoisotopic (exact) mass is 447 g/mol. The molecule has 31 heavy (non-hydrogen) atoms. The van der Waals surface area contributed by atoms with Crippen LogP contribution in [0.5, 0.6) is 5.75 Å². The molecule has 4 aliphatic rings. The Bertz CT molecular complexity index is 960. The highest BCUT2D eigenvalue weighted by Gasteiger charge is 2.53. The predicted molar refractivity (Wildman–Crippen MR) is 115 cm³/mol. The van der Waals surface area contributed by atoms with E-state index in [-0.39, 0.29) is 30.1 Å². The Kier molecular flexibility index (Phi) is 5.35. The highest BCUT2D eigenvalue weighted by Crippen LogP contribution is 2.51. The van der Waals surface area contributed by atoms with Gasteiger partial charge in [0.25, 0.3) is 0 Å². The molecule has 1 spiro atoms. The van der Waals surface area contributed by atoms with Gasteiger partial charge in [0, 0.05) is 30.1 Å². The standard InChI is InChI=1S/C24H27ClFNO4/c25-22-6-5-20(28)8-15(22)7-16(23(29)30)12-27-18-3-4-19(27)11-24(10-18)21-9-17(26)2-1-14(21)13-31-24/h5-6,8-9,16,18-19,28H,1-4,7,10-13H2,(H,29,30). The molecule has 3 unspecified atom stereocenters. The van der Waals surface area contributed by atoms with Crippen LogP contribution >= 0.6 is 11.6 Å². The van der Waals surface area contributed by atoms with Crippen molar-refractivity contribution in [2.45, 2.75) is 62.6 Å². The first kappa shape index (κ1) is 21.0. The van der Waals surface area contributed by atoms with E-state index in [9.17, 15) is 19.4 Å². The molecule has 0 amide bonds. The van der Waals surface area contributed by atoms with Gasteiger partial charge in [-0.05, 0) is 79.5 Å². The lowest BCUT2D eigenvalue weighted by Crippen LogP contribution is -2.53. The summed E-state index contributed by atoms with van der Waals surface area (Å²) in [6, 6.07) is 5.09. The van der Waals surface area contributed by atoms with Crippen LogP contribution in [-0.4, -0.2) is 51.9 Å². The van der Waals surface area contributed by atoms with Crippen molar-refractivity contribution < 1.29 is 24.1 Å². The number of hydrogen-bond acceptors (Lipinski definition) is 4. The number of piperidine rings is 1. The lowest BCUT2D eigenvalue weighted by molar-refractivity contribution is -0.143. The highest BCUT2D eigenvalue weighted by atomic mass is 35.5. The SMILES string of the molecule is O=C(O)C(Cc1cc(O)ccc1Cl)CN1C2CCC1CC1(C2)OCC2=C1C=C(F)CC2. The number of phenols is 1. The molecule has 0 radical (unpaired) electrons. The Morgan fingerprint density at radius 2 is 2.03 bits per heavy atom. The van der Waals surface area contributed by atoms with Crippen molar-refractivity contribution in [1.29, 1.82) is 0 Å². The van der Waals surface area contributed by atoms with Gasteiger partial charge in [0.05, 0.1) is 18.1 Å². The van der Waals surface area contributed by atoms with E-state index in [0.29, 0.717) is 30.2 Å². The summed E-state index contributed by atoms with van der Waals surface area (Å²) in [7, 11) is 0. The number of allylic oxidation sites excluding steroid dienone is 1. The summed E-state index contributed by atoms with van der Waals surface area (Å²) in [5.74, 6) is -1.47. The maximum absolute atomic E-state index is 14.0. The number of halogens is 2. The van der Waals surface area contributed by atoms with Crippen molar-refractivity contribution in [2.24, 2.45) is 5.92 Å². The zero-order chi connectivity index (χ0) is 21.8. The van der Waals surface area contributed by atoms with Crippen LogP contribution in [-0.2, 0) is 16.0 Å². The molecule has 0 aromatic heterocycles. The second-order valence-corrected chi connectivity index (χ2v) is 9.80. The molecule has 2 fully saturated rings. The van der Waals surface area contributed by atoms with Crippen molar-refractivity contribution >= 4 is 17.6 Å². The predicted octanol–water partition coefficient (Wildman–Crippen LogP) is 4.63. The van der Waals surface area contributed by atoms with Crippen molar-refractivity contribution in [3.05, 3.63) is 51.8 Å². The highest BCUT2D eigenvalue weighted by molar-refractivity contribution is 6.31. The van der Waals surface area contributed by atoms with Crippen LogP contribution in [0, 0.1) is 5.92 Å². The first-order valence-corrected chi connectivity index (χ1v) is 11.4. The summed E-state index contributed by atoms with van der Waals surface area (Å²) < 4.78 is 20.4. The minimum Gasteiger partial charge on any atom is -0.508 e. The van der Waals surface area contributed by atoms with E-state index in [1.807, 2.05) is 0 Å². The zero-order valence-electron chi connectivity index (χ0n) is 17.3. The molecule has 166 valence electrons. The smallest absolute Gasteiger partial charge is 0.308 e. The van der Waals surface area contributed by atoms with E-state index in [2.05, 4.69) is 4.90 Å². The van der Waals surface area contributed by atoms with Gasteiger partial charge in [-0.2, -0.15) is 0 Å². The molecule has 0 saturated carbocycles. The fraction of sp³-hybridized carbons (Fsp3) is 0.542. The molecule has 1 aliphatic carbocycles. The average molecular weight is 448 g/mol. The van der Waals surface area contributed by atoms with E-state index in [0.717, 1.165) is 37.7 Å². The lowest BCUT2D eigenvalue weighted by Gasteiger charge is -2.46. The number of benzene rings is 1. The Balaban J connectivity index is 1.34. The second-order valence-electron chi connectivity index (χ2n) is 9.40. The van der Waals surface area contributed by atoms with Gasteiger partial charge < -0.3 is 14.9 Å². The molecule has 1 aromatic rings. The number of fused-ring (bicyclic) bond motifs is 3. The van der Waals surface area contributed by atoms with E-state index in [1.165, 1.54) is 11.6 Å². The summed E-state index contributed by atoms with van der Waals surface area (Å²) in [6.45, 7) is 1.02. The molecule has 3 aliphatic heterocycles. The maximum atomic E-state index is 14.0. The van der Waals surface area contributed by atoms with Gasteiger partial charge in [-0.3, -0.25) is 9.69 Å². The maximum Gasteiger partial charge on any atom is 0.308 e. The first-order chi connectivity index (χ1) is 14.8. The van der Waals surface area contributed by atoms with Crippen LogP contribution < -0.4 is 0 Å². The molecular weight excluding hydrogens is 421 g/mol. The van der Waals surface area contributed by atoms with Gasteiger partial charge in [-0.1, -0.05) is 11.6 Å². The molecule has 2 saturated heterocycles. The van der Waals surface area contributed by atoms with Crippen LogP contribution in [0.25, 0.3) is 0 Å². The van der Waals surface area contributed by atoms with Gasteiger partial charge in [-0.25, -0.2) is 4.39 Å². The van der Waals surface area contributed by atoms with Crippen molar-refractivity contribution in [1.82, 2.24) is 4.90 Å². The number of aliphatic carboxylic acids is 1. The number of nitrogens with zero attached hydrogens (tertiary/aromatic N) is 1. The average Bonchev–Trinajstić information content (AvgIpc) is 3.17. The largest absolute Gasteiger partial charge is 0.508 e. The van der Waals surface area contributed by atoms with Crippen molar-refractivity contribution in [3.8, 4) is 5.75 Å². The summed E-state index contributed by atoms with van der Waals surface area (Å²) >= 11 is 6.24. The van der Waals surface area contributed by atoms with Crippen LogP contribution in [0.3, 0.4) is 0 Å². The summed E-state index contributed by atoms with van der Waals surface area (Å²) in [6.07, 6.45) is 6.75. The number of aromatic hydroxyl groups is 1. The number of hydrogen-bond donors (Lipinski definition) is 2. The van der Waals surface area contributed by atoms with E-state index in [4.69, 9.17) is 16.3 Å². The molecule has 7 heteroatoms. The first-order valence-electron chi connectivity index (χ1n) is 11.0. The Hall–Kier alpha value is -1.89. The van der Waals surface area contributed by atoms with Gasteiger partial charge in [0.2, 0.25) is 0 Å². The Labute approximate surface area is 186 Å². The summed E-state index contributed by atoms with van der Waals surface area (Å²) in [5, 5.41) is 20.1. The molecule has 2 bridgehead atoms. The fourth-order valence-corrected chi connectivity index (χ4v) is 6.24. The topological polar surface area (TPSA) is 70.0 Å². The third-order valence-corrected chi connectivity index (χ3v) is 7.91. The quantitative estimate of drug-likeness (QED) is 0.688. The Morgan fingerprint density at radius 3 is 2.74 bits per heavy atom. The van der Waals surface area contributed by atoms with E-state index >= 15 is 0 Å². The minimum atomic E-state index is -0.863. The molecule has 3 atom stereocenters. The van der Waals surface area contributed by atoms with Gasteiger partial charge in [0.1, 0.15) is 11.6 Å². The Morgan fingerprint density at radius 1 is 1.29 bits per heavy atom. The molecule has 5 rings (SSSR count). The molecule has 5 nitrogen and oxygen atoms in total. The van der Waals surface area contributed by atoms with Gasteiger partial charge >= 0.3 is 5.97 Å². The van der Waals surface area contributed by atoms with Gasteiger partial charge in [-0.15, -0.1) is 0 Å². The van der Waals surface area contributed by atoms with E-state index in [1.54, 1.807) is 18.2 Å². The van der Waals surface area contributed by atoms with Crippen molar-refractivity contribution in [3.63, 3.8) is 0 Å². The summed E-state index contributed by atoms with van der Waals surface area (Å²) in [5.41, 5.74) is 2.51. The number of carbonyl (C=O) groups is 1. The minimum absolute atomic E-state index is 0.0627. The zero-order valence-corrected chi connectivity index (χ0v) is 18.1. The summed E-state index contributed by atoms with van der Waals surface area (Å²) in [4.78, 5) is 14.4. The number of carboxylic acid groups (broad SMARTS) is 1. The molecular formula is C24H27ClFNO4. The van der Waals surface area contributed by atoms with E-state index < -0.39 is 17.5 Å². The lowest BCUT2D eigenvalue weighted by atomic mass is 9.77. The molecule has 1 aromatic carbocycles. The number of carboxylic acids is 1. The fourth-order valence-electron chi connectivity index (χ4n) is 6.04. The number of rotatable bonds is 5. The van der Waals surface area contributed by atoms with Crippen LogP contribution in [0.2, 0.25) is 5.02 Å². The number of ether oxygens (including phenoxy) is 1. The van der Waals surface area contributed by atoms with Crippen LogP contribution in [0.4, 0.5) is 4.39 Å². The third kappa shape index (κ3) is 3.79. The number of phenolic OH excluding ortho intramolecular Hbond substituents is 1.